The molecule has 0 aliphatic carbocycles. The number of benzene rings is 2. The summed E-state index contributed by atoms with van der Waals surface area (Å²) >= 11 is 3.04. The molecule has 1 heterocycles. The first-order chi connectivity index (χ1) is 14.3. The van der Waals surface area contributed by atoms with Gasteiger partial charge in [-0.25, -0.2) is 17.6 Å². The average Bonchev–Trinajstić information content (AvgIpc) is 2.69. The van der Waals surface area contributed by atoms with Gasteiger partial charge in [-0.15, -0.1) is 0 Å². The maximum Gasteiger partial charge on any atom is 0.273 e. The normalized spacial score (nSPS) is 11.3. The predicted octanol–water partition coefficient (Wildman–Crippen LogP) is 4.85. The van der Waals surface area contributed by atoms with Gasteiger partial charge >= 0.3 is 0 Å². The van der Waals surface area contributed by atoms with Gasteiger partial charge in [0.2, 0.25) is 0 Å². The zero-order chi connectivity index (χ0) is 22.0. The first-order valence-electron chi connectivity index (χ1n) is 8.40. The first-order valence-corrected chi connectivity index (χ1v) is 9.19. The van der Waals surface area contributed by atoms with Crippen molar-refractivity contribution in [3.05, 3.63) is 91.3 Å². The summed E-state index contributed by atoms with van der Waals surface area (Å²) in [7, 11) is 0. The molecule has 156 valence electrons. The van der Waals surface area contributed by atoms with Gasteiger partial charge < -0.3 is 9.94 Å². The lowest BCUT2D eigenvalue weighted by Crippen LogP contribution is -2.26. The van der Waals surface area contributed by atoms with E-state index in [-0.39, 0.29) is 27.0 Å². The molecule has 0 bridgehead atoms. The van der Waals surface area contributed by atoms with E-state index in [4.69, 9.17) is 9.94 Å². The lowest BCUT2D eigenvalue weighted by Gasteiger charge is -2.19. The minimum Gasteiger partial charge on any atom is -0.487 e. The molecule has 0 saturated carbocycles. The summed E-state index contributed by atoms with van der Waals surface area (Å²) < 4.78 is 61.6. The second-order valence-corrected chi connectivity index (χ2v) is 6.91. The van der Waals surface area contributed by atoms with Crippen LogP contribution >= 0.6 is 15.9 Å². The molecular weight excluding hydrogens is 472 g/mol. The smallest absolute Gasteiger partial charge is 0.273 e. The summed E-state index contributed by atoms with van der Waals surface area (Å²) in [6.07, 6.45) is 0.908. The van der Waals surface area contributed by atoms with Crippen LogP contribution in [-0.4, -0.2) is 16.0 Å². The lowest BCUT2D eigenvalue weighted by molar-refractivity contribution is 0.294. The van der Waals surface area contributed by atoms with Gasteiger partial charge in [0, 0.05) is 17.3 Å². The Morgan fingerprint density at radius 2 is 1.80 bits per heavy atom. The van der Waals surface area contributed by atoms with E-state index in [9.17, 15) is 22.4 Å². The molecule has 3 aromatic rings. The van der Waals surface area contributed by atoms with Crippen LogP contribution in [0.15, 0.2) is 50.8 Å². The van der Waals surface area contributed by atoms with E-state index < -0.39 is 41.1 Å². The molecule has 0 unspecified atom stereocenters. The lowest BCUT2D eigenvalue weighted by atomic mass is 10.1. The molecular formula is C20H13BrF4N2O3. The minimum atomic E-state index is -0.985. The van der Waals surface area contributed by atoms with Gasteiger partial charge in [-0.2, -0.15) is 0 Å². The van der Waals surface area contributed by atoms with Crippen LogP contribution in [0, 0.1) is 30.2 Å². The van der Waals surface area contributed by atoms with Crippen LogP contribution in [0.4, 0.5) is 17.6 Å². The van der Waals surface area contributed by atoms with Gasteiger partial charge in [0.25, 0.3) is 5.56 Å². The fourth-order valence-electron chi connectivity index (χ4n) is 2.86. The Morgan fingerprint density at radius 1 is 1.13 bits per heavy atom. The summed E-state index contributed by atoms with van der Waals surface area (Å²) in [5.41, 5.74) is -1.48. The van der Waals surface area contributed by atoms with E-state index in [2.05, 4.69) is 21.1 Å². The number of para-hydroxylation sites is 1. The molecule has 1 aromatic heterocycles. The van der Waals surface area contributed by atoms with Crippen molar-refractivity contribution >= 4 is 22.1 Å². The van der Waals surface area contributed by atoms with Gasteiger partial charge in [-0.1, -0.05) is 11.2 Å². The van der Waals surface area contributed by atoms with Crippen LogP contribution < -0.4 is 10.3 Å². The van der Waals surface area contributed by atoms with Crippen molar-refractivity contribution in [2.24, 2.45) is 5.16 Å². The van der Waals surface area contributed by atoms with Crippen LogP contribution in [0.5, 0.6) is 5.75 Å². The number of halogens is 5. The number of pyridine rings is 1. The van der Waals surface area contributed by atoms with E-state index in [1.807, 2.05) is 0 Å². The van der Waals surface area contributed by atoms with Crippen molar-refractivity contribution in [2.45, 2.75) is 13.5 Å². The Labute approximate surface area is 176 Å². The largest absolute Gasteiger partial charge is 0.487 e. The quantitative estimate of drug-likeness (QED) is 0.243. The summed E-state index contributed by atoms with van der Waals surface area (Å²) in [5, 5.41) is 11.9. The minimum absolute atomic E-state index is 0.000391. The van der Waals surface area contributed by atoms with Crippen molar-refractivity contribution in [2.75, 3.05) is 0 Å². The average molecular weight is 485 g/mol. The molecule has 0 aliphatic rings. The number of rotatable bonds is 5. The Kier molecular flexibility index (Phi) is 6.25. The number of hydrogen-bond acceptors (Lipinski definition) is 4. The molecule has 0 saturated heterocycles. The third-order valence-corrected chi connectivity index (χ3v) is 4.99. The second-order valence-electron chi connectivity index (χ2n) is 6.12. The Bertz CT molecular complexity index is 1190. The Balaban J connectivity index is 2.17. The van der Waals surface area contributed by atoms with Crippen LogP contribution in [0.2, 0.25) is 0 Å². The van der Waals surface area contributed by atoms with E-state index in [0.29, 0.717) is 6.07 Å². The van der Waals surface area contributed by atoms with Crippen LogP contribution in [0.3, 0.4) is 0 Å². The third kappa shape index (κ3) is 3.95. The van der Waals surface area contributed by atoms with Gasteiger partial charge in [-0.3, -0.25) is 9.36 Å². The standard InChI is InChI=1S/C20H13BrF4N2O3/c1-10-13(8-26-29)19(30-9-11-5-6-12(22)7-16(11)25)17(21)20(28)27(10)18-14(23)3-2-4-15(18)24/h2-8,29H,9H2,1H3. The first kappa shape index (κ1) is 21.6. The van der Waals surface area contributed by atoms with E-state index in [1.165, 1.54) is 13.0 Å². The van der Waals surface area contributed by atoms with Crippen LogP contribution in [-0.2, 0) is 6.61 Å². The molecule has 5 nitrogen and oxygen atoms in total. The number of ether oxygens (including phenoxy) is 1. The van der Waals surface area contributed by atoms with Gasteiger partial charge in [0.1, 0.15) is 45.8 Å². The number of aromatic nitrogens is 1. The van der Waals surface area contributed by atoms with E-state index in [1.54, 1.807) is 0 Å². The fraction of sp³-hybridized carbons (Fsp3) is 0.100. The highest BCUT2D eigenvalue weighted by Gasteiger charge is 2.23. The van der Waals surface area contributed by atoms with Crippen molar-refractivity contribution in [3.63, 3.8) is 0 Å². The molecule has 0 spiro atoms. The van der Waals surface area contributed by atoms with Crippen molar-refractivity contribution in [1.29, 1.82) is 0 Å². The van der Waals surface area contributed by atoms with Gasteiger partial charge in [0.15, 0.2) is 0 Å². The Morgan fingerprint density at radius 3 is 2.40 bits per heavy atom. The Hall–Kier alpha value is -3.14. The monoisotopic (exact) mass is 484 g/mol. The molecule has 0 atom stereocenters. The fourth-order valence-corrected chi connectivity index (χ4v) is 3.37. The molecule has 3 rings (SSSR count). The summed E-state index contributed by atoms with van der Waals surface area (Å²) in [4.78, 5) is 12.9. The second kappa shape index (κ2) is 8.70. The SMILES string of the molecule is Cc1c(C=NO)c(OCc2ccc(F)cc2F)c(Br)c(=O)n1-c1c(F)cccc1F. The van der Waals surface area contributed by atoms with E-state index in [0.717, 1.165) is 35.0 Å². The number of hydrogen-bond donors (Lipinski definition) is 1. The number of nitrogens with zero attached hydrogens (tertiary/aromatic N) is 2. The molecule has 10 heteroatoms. The summed E-state index contributed by atoms with van der Waals surface area (Å²) in [6.45, 7) is 0.968. The van der Waals surface area contributed by atoms with Gasteiger partial charge in [0.05, 0.1) is 11.8 Å². The highest BCUT2D eigenvalue weighted by molar-refractivity contribution is 9.10. The van der Waals surface area contributed by atoms with Crippen molar-refractivity contribution < 1.29 is 27.5 Å². The van der Waals surface area contributed by atoms with Crippen molar-refractivity contribution in [3.8, 4) is 11.4 Å². The molecule has 30 heavy (non-hydrogen) atoms. The molecule has 1 N–H and O–H groups in total. The van der Waals surface area contributed by atoms with Crippen LogP contribution in [0.1, 0.15) is 16.8 Å². The topological polar surface area (TPSA) is 63.8 Å². The highest BCUT2D eigenvalue weighted by Crippen LogP contribution is 2.31. The van der Waals surface area contributed by atoms with Gasteiger partial charge in [-0.05, 0) is 47.1 Å². The number of oxime groups is 1. The van der Waals surface area contributed by atoms with Crippen LogP contribution in [0.25, 0.3) is 5.69 Å². The summed E-state index contributed by atoms with van der Waals surface area (Å²) in [5.74, 6) is -3.74. The third-order valence-electron chi connectivity index (χ3n) is 4.30. The predicted molar refractivity (Wildman–Crippen MR) is 104 cm³/mol. The zero-order valence-corrected chi connectivity index (χ0v) is 16.9. The zero-order valence-electron chi connectivity index (χ0n) is 15.3. The van der Waals surface area contributed by atoms with Crippen molar-refractivity contribution in [1.82, 2.24) is 4.57 Å². The molecule has 0 aliphatic heterocycles. The molecule has 0 amide bonds. The highest BCUT2D eigenvalue weighted by atomic mass is 79.9. The molecule has 2 aromatic carbocycles. The molecule has 0 radical (unpaired) electrons. The molecule has 0 fully saturated rings. The maximum atomic E-state index is 14.3. The summed E-state index contributed by atoms with van der Waals surface area (Å²) in [6, 6.07) is 6.00. The van der Waals surface area contributed by atoms with E-state index >= 15 is 0 Å². The maximum absolute atomic E-state index is 14.3.